The van der Waals surface area contributed by atoms with Crippen LogP contribution in [0.2, 0.25) is 0 Å². The van der Waals surface area contributed by atoms with E-state index in [2.05, 4.69) is 15.6 Å². The molecule has 1 aromatic rings. The fourth-order valence-corrected chi connectivity index (χ4v) is 2.00. The van der Waals surface area contributed by atoms with Crippen LogP contribution in [0, 0.1) is 12.7 Å². The Kier molecular flexibility index (Phi) is 7.32. The van der Waals surface area contributed by atoms with Crippen molar-refractivity contribution in [2.24, 2.45) is 4.99 Å². The second-order valence-corrected chi connectivity index (χ2v) is 5.56. The molecule has 22 heavy (non-hydrogen) atoms. The summed E-state index contributed by atoms with van der Waals surface area (Å²) >= 11 is 0. The monoisotopic (exact) mass is 309 g/mol. The van der Waals surface area contributed by atoms with Gasteiger partial charge in [0.05, 0.1) is 12.1 Å². The summed E-state index contributed by atoms with van der Waals surface area (Å²) in [6, 6.07) is 5.14. The maximum Gasteiger partial charge on any atom is 0.191 e. The number of hydrogen-bond acceptors (Lipinski definition) is 2. The zero-order valence-corrected chi connectivity index (χ0v) is 14.0. The van der Waals surface area contributed by atoms with Crippen molar-refractivity contribution in [1.29, 1.82) is 0 Å². The minimum atomic E-state index is -0.730. The summed E-state index contributed by atoms with van der Waals surface area (Å²) in [5.41, 5.74) is 0.724. The molecule has 0 fully saturated rings. The van der Waals surface area contributed by atoms with Crippen LogP contribution in [0.3, 0.4) is 0 Å². The molecule has 0 saturated carbocycles. The highest BCUT2D eigenvalue weighted by atomic mass is 19.1. The van der Waals surface area contributed by atoms with Crippen LogP contribution in [0.1, 0.15) is 44.7 Å². The molecule has 0 aliphatic carbocycles. The maximum atomic E-state index is 13.5. The van der Waals surface area contributed by atoms with Crippen molar-refractivity contribution >= 4 is 5.96 Å². The van der Waals surface area contributed by atoms with Gasteiger partial charge in [-0.15, -0.1) is 0 Å². The van der Waals surface area contributed by atoms with Gasteiger partial charge in [0.2, 0.25) is 0 Å². The zero-order chi connectivity index (χ0) is 16.6. The molecule has 0 aromatic heterocycles. The third-order valence-corrected chi connectivity index (χ3v) is 3.90. The Morgan fingerprint density at radius 3 is 2.45 bits per heavy atom. The van der Waals surface area contributed by atoms with Crippen molar-refractivity contribution in [1.82, 2.24) is 10.6 Å². The molecule has 0 radical (unpaired) electrons. The van der Waals surface area contributed by atoms with Crippen LogP contribution in [0.25, 0.3) is 0 Å². The van der Waals surface area contributed by atoms with E-state index in [1.807, 2.05) is 26.8 Å². The quantitative estimate of drug-likeness (QED) is 0.536. The lowest BCUT2D eigenvalue weighted by molar-refractivity contribution is 0.0367. The van der Waals surface area contributed by atoms with Crippen LogP contribution in [-0.4, -0.2) is 29.8 Å². The fraction of sp³-hybridized carbons (Fsp3) is 0.588. The second-order valence-electron chi connectivity index (χ2n) is 5.56. The van der Waals surface area contributed by atoms with E-state index in [9.17, 15) is 9.50 Å². The summed E-state index contributed by atoms with van der Waals surface area (Å²) in [7, 11) is 0. The van der Waals surface area contributed by atoms with Gasteiger partial charge in [-0.2, -0.15) is 0 Å². The van der Waals surface area contributed by atoms with Gasteiger partial charge in [-0.3, -0.25) is 0 Å². The van der Waals surface area contributed by atoms with E-state index < -0.39 is 5.60 Å². The lowest BCUT2D eigenvalue weighted by Crippen LogP contribution is -2.46. The number of hydrogen-bond donors (Lipinski definition) is 3. The van der Waals surface area contributed by atoms with Gasteiger partial charge in [0.15, 0.2) is 5.96 Å². The maximum absolute atomic E-state index is 13.5. The number of aliphatic hydroxyl groups is 1. The number of rotatable bonds is 7. The van der Waals surface area contributed by atoms with Crippen molar-refractivity contribution in [2.45, 2.75) is 52.7 Å². The Morgan fingerprint density at radius 1 is 1.23 bits per heavy atom. The Labute approximate surface area is 132 Å². The first kappa shape index (κ1) is 18.4. The lowest BCUT2D eigenvalue weighted by Gasteiger charge is -2.26. The van der Waals surface area contributed by atoms with Crippen LogP contribution < -0.4 is 10.6 Å². The van der Waals surface area contributed by atoms with E-state index in [1.54, 1.807) is 13.0 Å². The number of aliphatic imine (C=N–C) groups is 1. The highest BCUT2D eigenvalue weighted by Crippen LogP contribution is 2.13. The standard InChI is InChI=1S/C17H28FN3O/c1-5-17(22,6-2)12-21-16(19-7-3)20-11-14-9-8-13(4)15(18)10-14/h8-10,22H,5-7,11-12H2,1-4H3,(H2,19,20,21). The highest BCUT2D eigenvalue weighted by Gasteiger charge is 2.22. The summed E-state index contributed by atoms with van der Waals surface area (Å²) in [5, 5.41) is 16.6. The van der Waals surface area contributed by atoms with Gasteiger partial charge in [-0.25, -0.2) is 9.38 Å². The average Bonchev–Trinajstić information content (AvgIpc) is 2.53. The topological polar surface area (TPSA) is 56.7 Å². The molecule has 0 bridgehead atoms. The molecule has 0 aliphatic heterocycles. The summed E-state index contributed by atoms with van der Waals surface area (Å²) in [4.78, 5) is 4.44. The van der Waals surface area contributed by atoms with Gasteiger partial charge >= 0.3 is 0 Å². The average molecular weight is 309 g/mol. The summed E-state index contributed by atoms with van der Waals surface area (Å²) in [6.07, 6.45) is 1.36. The summed E-state index contributed by atoms with van der Waals surface area (Å²) in [5.74, 6) is 0.417. The van der Waals surface area contributed by atoms with Crippen LogP contribution in [0.5, 0.6) is 0 Å². The van der Waals surface area contributed by atoms with E-state index in [-0.39, 0.29) is 5.82 Å². The van der Waals surface area contributed by atoms with Gasteiger partial charge in [-0.1, -0.05) is 26.0 Å². The van der Waals surface area contributed by atoms with Gasteiger partial charge < -0.3 is 15.7 Å². The Balaban J connectivity index is 2.70. The smallest absolute Gasteiger partial charge is 0.191 e. The first-order valence-corrected chi connectivity index (χ1v) is 7.93. The van der Waals surface area contributed by atoms with E-state index in [4.69, 9.17) is 0 Å². The lowest BCUT2D eigenvalue weighted by atomic mass is 9.98. The molecule has 4 nitrogen and oxygen atoms in total. The SMILES string of the molecule is CCNC(=NCc1ccc(C)c(F)c1)NCC(O)(CC)CC. The molecule has 124 valence electrons. The summed E-state index contributed by atoms with van der Waals surface area (Å²) in [6.45, 7) is 9.20. The molecular formula is C17H28FN3O. The minimum Gasteiger partial charge on any atom is -0.388 e. The number of aryl methyl sites for hydroxylation is 1. The molecule has 0 aliphatic rings. The van der Waals surface area contributed by atoms with Crippen LogP contribution in [-0.2, 0) is 6.54 Å². The number of benzene rings is 1. The van der Waals surface area contributed by atoms with Crippen molar-refractivity contribution in [3.63, 3.8) is 0 Å². The Bertz CT molecular complexity index is 499. The molecule has 1 rings (SSSR count). The van der Waals surface area contributed by atoms with E-state index in [1.165, 1.54) is 6.07 Å². The molecule has 5 heteroatoms. The minimum absolute atomic E-state index is 0.211. The van der Waals surface area contributed by atoms with Crippen LogP contribution >= 0.6 is 0 Å². The van der Waals surface area contributed by atoms with Gasteiger partial charge in [0.25, 0.3) is 0 Å². The zero-order valence-electron chi connectivity index (χ0n) is 14.0. The fourth-order valence-electron chi connectivity index (χ4n) is 2.00. The normalized spacial score (nSPS) is 12.4. The molecule has 0 heterocycles. The van der Waals surface area contributed by atoms with Gasteiger partial charge in [0.1, 0.15) is 5.82 Å². The Morgan fingerprint density at radius 2 is 1.91 bits per heavy atom. The number of nitrogens with one attached hydrogen (secondary N) is 2. The van der Waals surface area contributed by atoms with Crippen LogP contribution in [0.4, 0.5) is 4.39 Å². The molecule has 0 unspecified atom stereocenters. The van der Waals surface area contributed by atoms with Gasteiger partial charge in [0, 0.05) is 13.1 Å². The molecule has 0 atom stereocenters. The third kappa shape index (κ3) is 5.64. The first-order valence-electron chi connectivity index (χ1n) is 7.93. The van der Waals surface area contributed by atoms with Crippen molar-refractivity contribution in [2.75, 3.05) is 13.1 Å². The molecular weight excluding hydrogens is 281 g/mol. The number of guanidine groups is 1. The molecule has 0 amide bonds. The Hall–Kier alpha value is -1.62. The number of halogens is 1. The number of nitrogens with zero attached hydrogens (tertiary/aromatic N) is 1. The largest absolute Gasteiger partial charge is 0.388 e. The van der Waals surface area contributed by atoms with Crippen molar-refractivity contribution in [3.05, 3.63) is 35.1 Å². The second kappa shape index (κ2) is 8.73. The summed E-state index contributed by atoms with van der Waals surface area (Å²) < 4.78 is 13.5. The van der Waals surface area contributed by atoms with E-state index >= 15 is 0 Å². The predicted octanol–water partition coefficient (Wildman–Crippen LogP) is 2.74. The highest BCUT2D eigenvalue weighted by molar-refractivity contribution is 5.79. The third-order valence-electron chi connectivity index (χ3n) is 3.90. The van der Waals surface area contributed by atoms with Gasteiger partial charge in [-0.05, 0) is 43.9 Å². The van der Waals surface area contributed by atoms with Crippen molar-refractivity contribution in [3.8, 4) is 0 Å². The van der Waals surface area contributed by atoms with E-state index in [0.717, 1.165) is 12.1 Å². The van der Waals surface area contributed by atoms with E-state index in [0.29, 0.717) is 37.5 Å². The van der Waals surface area contributed by atoms with Crippen molar-refractivity contribution < 1.29 is 9.50 Å². The molecule has 0 saturated heterocycles. The molecule has 0 spiro atoms. The molecule has 1 aromatic carbocycles. The first-order chi connectivity index (χ1) is 10.4. The predicted molar refractivity (Wildman–Crippen MR) is 89.5 cm³/mol. The molecule has 3 N–H and O–H groups in total. The van der Waals surface area contributed by atoms with Crippen LogP contribution in [0.15, 0.2) is 23.2 Å².